The van der Waals surface area contributed by atoms with Gasteiger partial charge >= 0.3 is 6.03 Å². The maximum atomic E-state index is 12.7. The number of amides is 4. The topological polar surface area (TPSA) is 78.5 Å². The summed E-state index contributed by atoms with van der Waals surface area (Å²) >= 11 is 1.62. The van der Waals surface area contributed by atoms with Gasteiger partial charge in [-0.05, 0) is 62.1 Å². The monoisotopic (exact) mass is 361 g/mol. The summed E-state index contributed by atoms with van der Waals surface area (Å²) in [5, 5.41) is 5.57. The maximum Gasteiger partial charge on any atom is 0.325 e. The summed E-state index contributed by atoms with van der Waals surface area (Å²) in [5.74, 6) is -0.0733. The minimum Gasteiger partial charge on any atom is -0.325 e. The van der Waals surface area contributed by atoms with Crippen molar-refractivity contribution >= 4 is 35.3 Å². The molecule has 0 radical (unpaired) electrons. The number of nitrogens with zero attached hydrogens (tertiary/aromatic N) is 1. The second kappa shape index (κ2) is 7.07. The van der Waals surface area contributed by atoms with Crippen LogP contribution in [0.25, 0.3) is 0 Å². The second-order valence-electron chi connectivity index (χ2n) is 6.86. The Kier molecular flexibility index (Phi) is 5.03. The molecule has 1 spiro atoms. The lowest BCUT2D eigenvalue weighted by Crippen LogP contribution is -2.49. The van der Waals surface area contributed by atoms with Crippen LogP contribution in [0.3, 0.4) is 0 Å². The first-order valence-electron chi connectivity index (χ1n) is 8.51. The summed E-state index contributed by atoms with van der Waals surface area (Å²) in [4.78, 5) is 39.3. The largest absolute Gasteiger partial charge is 0.325 e. The molecule has 6 nitrogen and oxygen atoms in total. The molecule has 1 saturated carbocycles. The number of benzene rings is 1. The van der Waals surface area contributed by atoms with Crippen LogP contribution in [0.1, 0.15) is 32.6 Å². The van der Waals surface area contributed by atoms with Crippen molar-refractivity contribution in [2.75, 3.05) is 18.1 Å². The summed E-state index contributed by atoms with van der Waals surface area (Å²) in [6, 6.07) is 6.96. The molecule has 134 valence electrons. The third-order valence-corrected chi connectivity index (χ3v) is 5.79. The fourth-order valence-corrected chi connectivity index (χ4v) is 3.84. The zero-order valence-corrected chi connectivity index (χ0v) is 15.3. The van der Waals surface area contributed by atoms with E-state index in [1.54, 1.807) is 23.9 Å². The lowest BCUT2D eigenvalue weighted by molar-refractivity contribution is -0.135. The highest BCUT2D eigenvalue weighted by Gasteiger charge is 2.52. The molecule has 2 aliphatic rings. The first-order valence-corrected chi connectivity index (χ1v) is 9.74. The fourth-order valence-electron chi connectivity index (χ4n) is 3.43. The average molecular weight is 361 g/mol. The number of nitrogens with one attached hydrogen (secondary N) is 2. The van der Waals surface area contributed by atoms with Gasteiger partial charge in [-0.15, -0.1) is 11.8 Å². The van der Waals surface area contributed by atoms with Gasteiger partial charge in [-0.25, -0.2) is 4.79 Å². The van der Waals surface area contributed by atoms with Crippen LogP contribution in [0.2, 0.25) is 0 Å². The minimum atomic E-state index is -0.802. The van der Waals surface area contributed by atoms with Crippen LogP contribution in [0, 0.1) is 5.92 Å². The fraction of sp³-hybridized carbons (Fsp3) is 0.500. The van der Waals surface area contributed by atoms with E-state index in [9.17, 15) is 14.4 Å². The molecular formula is C18H23N3O3S. The van der Waals surface area contributed by atoms with Crippen LogP contribution in [0.4, 0.5) is 10.5 Å². The lowest BCUT2D eigenvalue weighted by Gasteiger charge is -2.33. The summed E-state index contributed by atoms with van der Waals surface area (Å²) in [6.07, 6.45) is 5.09. The van der Waals surface area contributed by atoms with Gasteiger partial charge < -0.3 is 10.6 Å². The van der Waals surface area contributed by atoms with Crippen molar-refractivity contribution in [2.45, 2.75) is 43.0 Å². The van der Waals surface area contributed by atoms with E-state index < -0.39 is 11.6 Å². The van der Waals surface area contributed by atoms with E-state index in [4.69, 9.17) is 0 Å². The Balaban J connectivity index is 1.62. The van der Waals surface area contributed by atoms with Crippen molar-refractivity contribution in [1.29, 1.82) is 0 Å². The van der Waals surface area contributed by atoms with Crippen LogP contribution < -0.4 is 10.6 Å². The van der Waals surface area contributed by atoms with E-state index in [0.717, 1.165) is 22.6 Å². The Morgan fingerprint density at radius 2 is 1.92 bits per heavy atom. The highest BCUT2D eigenvalue weighted by atomic mass is 32.2. The summed E-state index contributed by atoms with van der Waals surface area (Å²) in [5.41, 5.74) is -0.153. The van der Waals surface area contributed by atoms with Gasteiger partial charge in [-0.2, -0.15) is 0 Å². The van der Waals surface area contributed by atoms with Crippen molar-refractivity contribution in [3.63, 3.8) is 0 Å². The van der Waals surface area contributed by atoms with E-state index in [1.165, 1.54) is 0 Å². The van der Waals surface area contributed by atoms with E-state index in [2.05, 4.69) is 17.6 Å². The Morgan fingerprint density at radius 1 is 1.28 bits per heavy atom. The Labute approximate surface area is 151 Å². The van der Waals surface area contributed by atoms with Crippen molar-refractivity contribution in [1.82, 2.24) is 10.2 Å². The quantitative estimate of drug-likeness (QED) is 0.638. The first kappa shape index (κ1) is 17.8. The van der Waals surface area contributed by atoms with Gasteiger partial charge in [0.1, 0.15) is 12.1 Å². The van der Waals surface area contributed by atoms with E-state index in [-0.39, 0.29) is 18.4 Å². The Bertz CT molecular complexity index is 681. The number of carbonyl (C=O) groups excluding carboxylic acids is 3. The summed E-state index contributed by atoms with van der Waals surface area (Å²) < 4.78 is 0. The molecule has 0 atom stereocenters. The zero-order chi connectivity index (χ0) is 18.0. The molecule has 25 heavy (non-hydrogen) atoms. The molecule has 7 heteroatoms. The predicted octanol–water partition coefficient (Wildman–Crippen LogP) is 2.85. The number of anilines is 1. The van der Waals surface area contributed by atoms with Crippen molar-refractivity contribution in [3.05, 3.63) is 24.3 Å². The molecule has 0 unspecified atom stereocenters. The summed E-state index contributed by atoms with van der Waals surface area (Å²) in [6.45, 7) is 1.90. The SMILES string of the molecule is CSc1ccc(NC(=O)CN2C(=O)NC3(CCC(C)CC3)C2=O)cc1. The Hall–Kier alpha value is -2.02. The van der Waals surface area contributed by atoms with Gasteiger partial charge in [0.25, 0.3) is 5.91 Å². The van der Waals surface area contributed by atoms with Crippen molar-refractivity contribution < 1.29 is 14.4 Å². The molecule has 0 aromatic heterocycles. The van der Waals surface area contributed by atoms with Crippen LogP contribution in [0.5, 0.6) is 0 Å². The molecule has 1 aliphatic heterocycles. The molecule has 1 aliphatic carbocycles. The molecule has 1 aromatic rings. The van der Waals surface area contributed by atoms with Crippen LogP contribution >= 0.6 is 11.8 Å². The van der Waals surface area contributed by atoms with Gasteiger partial charge in [0, 0.05) is 10.6 Å². The number of urea groups is 1. The summed E-state index contributed by atoms with van der Waals surface area (Å²) in [7, 11) is 0. The highest BCUT2D eigenvalue weighted by Crippen LogP contribution is 2.36. The van der Waals surface area contributed by atoms with Crippen molar-refractivity contribution in [2.24, 2.45) is 5.92 Å². The number of thioether (sulfide) groups is 1. The molecule has 3 rings (SSSR count). The number of hydrogen-bond donors (Lipinski definition) is 2. The zero-order valence-electron chi connectivity index (χ0n) is 14.5. The molecule has 0 bridgehead atoms. The van der Waals surface area contributed by atoms with Gasteiger partial charge in [0.05, 0.1) is 0 Å². The number of carbonyl (C=O) groups is 3. The normalized spacial score (nSPS) is 26.0. The van der Waals surface area contributed by atoms with E-state index in [1.807, 2.05) is 18.4 Å². The molecule has 2 fully saturated rings. The highest BCUT2D eigenvalue weighted by molar-refractivity contribution is 7.98. The molecule has 4 amide bonds. The third-order valence-electron chi connectivity index (χ3n) is 5.05. The first-order chi connectivity index (χ1) is 11.9. The molecule has 1 heterocycles. The number of rotatable bonds is 4. The maximum absolute atomic E-state index is 12.7. The van der Waals surface area contributed by atoms with Gasteiger partial charge in [0.2, 0.25) is 5.91 Å². The average Bonchev–Trinajstić information content (AvgIpc) is 2.83. The van der Waals surface area contributed by atoms with E-state index in [0.29, 0.717) is 24.4 Å². The van der Waals surface area contributed by atoms with Crippen LogP contribution in [-0.2, 0) is 9.59 Å². The predicted molar refractivity (Wildman–Crippen MR) is 97.5 cm³/mol. The molecule has 1 saturated heterocycles. The molecule has 2 N–H and O–H groups in total. The molecular weight excluding hydrogens is 338 g/mol. The number of hydrogen-bond acceptors (Lipinski definition) is 4. The molecule has 1 aromatic carbocycles. The van der Waals surface area contributed by atoms with Gasteiger partial charge in [0.15, 0.2) is 0 Å². The minimum absolute atomic E-state index is 0.258. The van der Waals surface area contributed by atoms with Gasteiger partial charge in [-0.1, -0.05) is 6.92 Å². The third kappa shape index (κ3) is 3.66. The smallest absolute Gasteiger partial charge is 0.325 e. The second-order valence-corrected chi connectivity index (χ2v) is 7.74. The van der Waals surface area contributed by atoms with E-state index >= 15 is 0 Å². The lowest BCUT2D eigenvalue weighted by atomic mass is 9.77. The Morgan fingerprint density at radius 3 is 2.52 bits per heavy atom. The van der Waals surface area contributed by atoms with Crippen LogP contribution in [-0.4, -0.2) is 41.1 Å². The van der Waals surface area contributed by atoms with Gasteiger partial charge in [-0.3, -0.25) is 14.5 Å². The van der Waals surface area contributed by atoms with Crippen LogP contribution in [0.15, 0.2) is 29.2 Å². The standard InChI is InChI=1S/C18H23N3O3S/c1-12-7-9-18(10-8-12)16(23)21(17(24)20-18)11-15(22)19-13-3-5-14(25-2)6-4-13/h3-6,12H,7-11H2,1-2H3,(H,19,22)(H,20,24). The number of imide groups is 1. The van der Waals surface area contributed by atoms with Crippen molar-refractivity contribution in [3.8, 4) is 0 Å².